The Balaban J connectivity index is 1.65. The van der Waals surface area contributed by atoms with Crippen LogP contribution in [0.15, 0.2) is 52.5 Å². The highest BCUT2D eigenvalue weighted by Gasteiger charge is 2.16. The van der Waals surface area contributed by atoms with Crippen LogP contribution in [0, 0.1) is 10.1 Å². The number of non-ortho nitro benzene ring substituents is 1. The van der Waals surface area contributed by atoms with Gasteiger partial charge in [-0.15, -0.1) is 0 Å². The molecule has 4 N–H and O–H groups in total. The second kappa shape index (κ2) is 9.33. The molecule has 1 heterocycles. The SMILES string of the molecule is CCn1c(SCC(=O)NNC(=O)c2cccc([N+](=O)[O-])c2)nc2cc(S(N)(=O)=O)ccc21. The van der Waals surface area contributed by atoms with Crippen molar-refractivity contribution < 1.29 is 22.9 Å². The number of thioether (sulfide) groups is 1. The maximum absolute atomic E-state index is 12.1. The van der Waals surface area contributed by atoms with E-state index in [4.69, 9.17) is 5.14 Å². The van der Waals surface area contributed by atoms with E-state index in [-0.39, 0.29) is 21.9 Å². The van der Waals surface area contributed by atoms with Gasteiger partial charge in [0.1, 0.15) is 0 Å². The van der Waals surface area contributed by atoms with Gasteiger partial charge in [0.05, 0.1) is 26.6 Å². The van der Waals surface area contributed by atoms with E-state index in [1.165, 1.54) is 30.3 Å². The number of amides is 2. The van der Waals surface area contributed by atoms with Gasteiger partial charge in [0.2, 0.25) is 15.9 Å². The molecule has 1 aromatic heterocycles. The Kier molecular flexibility index (Phi) is 6.76. The van der Waals surface area contributed by atoms with Crippen molar-refractivity contribution in [2.75, 3.05) is 5.75 Å². The minimum Gasteiger partial charge on any atom is -0.319 e. The lowest BCUT2D eigenvalue weighted by Crippen LogP contribution is -2.42. The van der Waals surface area contributed by atoms with Gasteiger partial charge in [-0.2, -0.15) is 0 Å². The third kappa shape index (κ3) is 5.22. The number of aromatic nitrogens is 2. The first-order valence-electron chi connectivity index (χ1n) is 9.09. The molecule has 0 aliphatic carbocycles. The molecule has 2 aromatic carbocycles. The smallest absolute Gasteiger partial charge is 0.270 e. The van der Waals surface area contributed by atoms with Gasteiger partial charge in [-0.25, -0.2) is 18.5 Å². The van der Waals surface area contributed by atoms with Crippen molar-refractivity contribution in [1.29, 1.82) is 0 Å². The quantitative estimate of drug-likeness (QED) is 0.257. The number of sulfonamides is 1. The van der Waals surface area contributed by atoms with Crippen LogP contribution in [-0.4, -0.2) is 40.5 Å². The van der Waals surface area contributed by atoms with Crippen molar-refractivity contribution in [3.05, 3.63) is 58.1 Å². The lowest BCUT2D eigenvalue weighted by molar-refractivity contribution is -0.384. The van der Waals surface area contributed by atoms with Gasteiger partial charge < -0.3 is 4.57 Å². The normalized spacial score (nSPS) is 11.3. The monoisotopic (exact) mass is 478 g/mol. The number of carbonyl (C=O) groups excluding carboxylic acids is 2. The largest absolute Gasteiger partial charge is 0.319 e. The molecule has 12 nitrogen and oxygen atoms in total. The highest BCUT2D eigenvalue weighted by Crippen LogP contribution is 2.25. The van der Waals surface area contributed by atoms with Crippen LogP contribution >= 0.6 is 11.8 Å². The summed E-state index contributed by atoms with van der Waals surface area (Å²) in [6.45, 7) is 2.40. The number of carbonyl (C=O) groups is 2. The van der Waals surface area contributed by atoms with Gasteiger partial charge in [0, 0.05) is 24.2 Å². The lowest BCUT2D eigenvalue weighted by atomic mass is 10.2. The number of hydrogen-bond donors (Lipinski definition) is 3. The highest BCUT2D eigenvalue weighted by atomic mass is 32.2. The first-order valence-corrected chi connectivity index (χ1v) is 11.6. The third-order valence-electron chi connectivity index (χ3n) is 4.30. The molecule has 0 fully saturated rings. The van der Waals surface area contributed by atoms with Crippen LogP contribution < -0.4 is 16.0 Å². The van der Waals surface area contributed by atoms with E-state index in [9.17, 15) is 28.1 Å². The van der Waals surface area contributed by atoms with Crippen LogP contribution in [0.2, 0.25) is 0 Å². The fourth-order valence-electron chi connectivity index (χ4n) is 2.81. The van der Waals surface area contributed by atoms with Gasteiger partial charge in [-0.1, -0.05) is 17.8 Å². The van der Waals surface area contributed by atoms with Crippen molar-refractivity contribution >= 4 is 50.3 Å². The van der Waals surface area contributed by atoms with E-state index in [1.54, 1.807) is 6.07 Å². The Morgan fingerprint density at radius 2 is 1.97 bits per heavy atom. The summed E-state index contributed by atoms with van der Waals surface area (Å²) >= 11 is 1.09. The average Bonchev–Trinajstić information content (AvgIpc) is 3.12. The number of hydrazine groups is 1. The number of imidazole rings is 1. The van der Waals surface area contributed by atoms with Crippen LogP contribution in [0.4, 0.5) is 5.69 Å². The zero-order valence-electron chi connectivity index (χ0n) is 16.6. The van der Waals surface area contributed by atoms with E-state index >= 15 is 0 Å². The summed E-state index contributed by atoms with van der Waals surface area (Å²) < 4.78 is 24.9. The maximum atomic E-state index is 12.1. The van der Waals surface area contributed by atoms with Gasteiger partial charge in [0.15, 0.2) is 5.16 Å². The molecular weight excluding hydrogens is 460 g/mol. The fraction of sp³-hybridized carbons (Fsp3) is 0.167. The molecule has 0 aliphatic rings. The number of primary sulfonamides is 1. The molecule has 0 aliphatic heterocycles. The summed E-state index contributed by atoms with van der Waals surface area (Å²) in [7, 11) is -3.87. The number of rotatable bonds is 7. The zero-order chi connectivity index (χ0) is 23.5. The van der Waals surface area contributed by atoms with E-state index in [1.807, 2.05) is 11.5 Å². The van der Waals surface area contributed by atoms with Gasteiger partial charge in [0.25, 0.3) is 11.6 Å². The summed E-state index contributed by atoms with van der Waals surface area (Å²) in [5.41, 5.74) is 5.31. The van der Waals surface area contributed by atoms with Crippen LogP contribution in [-0.2, 0) is 21.4 Å². The van der Waals surface area contributed by atoms with E-state index < -0.39 is 26.8 Å². The van der Waals surface area contributed by atoms with Crippen molar-refractivity contribution in [1.82, 2.24) is 20.4 Å². The number of benzene rings is 2. The van der Waals surface area contributed by atoms with Crippen LogP contribution in [0.25, 0.3) is 11.0 Å². The second-order valence-electron chi connectivity index (χ2n) is 6.43. The molecule has 14 heteroatoms. The van der Waals surface area contributed by atoms with E-state index in [0.29, 0.717) is 22.7 Å². The summed E-state index contributed by atoms with van der Waals surface area (Å²) in [6.07, 6.45) is 0. The second-order valence-corrected chi connectivity index (χ2v) is 8.94. The fourth-order valence-corrected chi connectivity index (χ4v) is 4.22. The van der Waals surface area contributed by atoms with Crippen LogP contribution in [0.1, 0.15) is 17.3 Å². The predicted molar refractivity (Wildman–Crippen MR) is 116 cm³/mol. The molecule has 0 saturated heterocycles. The topological polar surface area (TPSA) is 179 Å². The minimum atomic E-state index is -3.87. The molecule has 2 amide bonds. The number of nitrogens with two attached hydrogens (primary N) is 1. The number of fused-ring (bicyclic) bond motifs is 1. The molecule has 3 rings (SSSR count). The first-order chi connectivity index (χ1) is 15.1. The van der Waals surface area contributed by atoms with Crippen LogP contribution in [0.3, 0.4) is 0 Å². The average molecular weight is 479 g/mol. The zero-order valence-corrected chi connectivity index (χ0v) is 18.3. The number of hydrogen-bond acceptors (Lipinski definition) is 8. The predicted octanol–water partition coefficient (Wildman–Crippen LogP) is 1.17. The molecule has 0 unspecified atom stereocenters. The Morgan fingerprint density at radius 1 is 1.22 bits per heavy atom. The molecule has 0 bridgehead atoms. The van der Waals surface area contributed by atoms with Gasteiger partial charge >= 0.3 is 0 Å². The molecule has 0 radical (unpaired) electrons. The molecule has 32 heavy (non-hydrogen) atoms. The maximum Gasteiger partial charge on any atom is 0.270 e. The van der Waals surface area contributed by atoms with Gasteiger partial charge in [-0.3, -0.25) is 30.6 Å². The summed E-state index contributed by atoms with van der Waals surface area (Å²) in [5, 5.41) is 16.4. The standard InChI is InChI=1S/C18H18N6O6S2/c1-2-23-15-7-6-13(32(19,29)30)9-14(15)20-18(23)31-10-16(25)21-22-17(26)11-4-3-5-12(8-11)24(27)28/h3-9H,2,10H2,1H3,(H,21,25)(H,22,26)(H2,19,29,30). The molecular formula is C18H18N6O6S2. The Bertz CT molecular complexity index is 1320. The molecule has 0 atom stereocenters. The Labute approximate surface area is 186 Å². The molecule has 0 saturated carbocycles. The molecule has 168 valence electrons. The summed E-state index contributed by atoms with van der Waals surface area (Å²) in [6, 6.07) is 9.42. The van der Waals surface area contributed by atoms with E-state index in [0.717, 1.165) is 17.8 Å². The Hall–Kier alpha value is -3.49. The van der Waals surface area contributed by atoms with Crippen molar-refractivity contribution in [3.8, 4) is 0 Å². The third-order valence-corrected chi connectivity index (χ3v) is 6.18. The summed E-state index contributed by atoms with van der Waals surface area (Å²) in [4.78, 5) is 38.7. The van der Waals surface area contributed by atoms with Crippen LogP contribution in [0.5, 0.6) is 0 Å². The minimum absolute atomic E-state index is 0.0191. The number of nitro groups is 1. The van der Waals surface area contributed by atoms with Gasteiger partial charge in [-0.05, 0) is 31.2 Å². The number of aryl methyl sites for hydroxylation is 1. The number of nitro benzene ring substituents is 1. The van der Waals surface area contributed by atoms with Crippen molar-refractivity contribution in [2.45, 2.75) is 23.5 Å². The van der Waals surface area contributed by atoms with Crippen molar-refractivity contribution in [3.63, 3.8) is 0 Å². The lowest BCUT2D eigenvalue weighted by Gasteiger charge is -2.08. The summed E-state index contributed by atoms with van der Waals surface area (Å²) in [5.74, 6) is -1.34. The first kappa shape index (κ1) is 23.2. The Morgan fingerprint density at radius 3 is 2.62 bits per heavy atom. The highest BCUT2D eigenvalue weighted by molar-refractivity contribution is 7.99. The molecule has 0 spiro atoms. The number of nitrogens with one attached hydrogen (secondary N) is 2. The molecule has 3 aromatic rings. The van der Waals surface area contributed by atoms with Crippen molar-refractivity contribution in [2.24, 2.45) is 5.14 Å². The number of nitrogens with zero attached hydrogens (tertiary/aromatic N) is 3. The van der Waals surface area contributed by atoms with E-state index in [2.05, 4.69) is 15.8 Å².